The molecule has 15 heavy (non-hydrogen) atoms. The second kappa shape index (κ2) is 3.54. The Balaban J connectivity index is 2.91. The van der Waals surface area contributed by atoms with Crippen LogP contribution in [0.15, 0.2) is 18.2 Å². The molecule has 0 amide bonds. The van der Waals surface area contributed by atoms with Crippen molar-refractivity contribution < 1.29 is 4.79 Å². The quantitative estimate of drug-likeness (QED) is 0.683. The van der Waals surface area contributed by atoms with Gasteiger partial charge in [-0.3, -0.25) is 4.79 Å². The van der Waals surface area contributed by atoms with Crippen molar-refractivity contribution in [2.75, 3.05) is 0 Å². The van der Waals surface area contributed by atoms with Crippen molar-refractivity contribution in [3.63, 3.8) is 0 Å². The third-order valence-electron chi connectivity index (χ3n) is 2.81. The zero-order valence-corrected chi connectivity index (χ0v) is 9.29. The minimum atomic E-state index is 0.118. The van der Waals surface area contributed by atoms with Crippen molar-refractivity contribution in [3.8, 4) is 0 Å². The van der Waals surface area contributed by atoms with Crippen LogP contribution in [0.1, 0.15) is 29.9 Å². The molecule has 0 fully saturated rings. The van der Waals surface area contributed by atoms with Gasteiger partial charge in [-0.2, -0.15) is 0 Å². The van der Waals surface area contributed by atoms with Gasteiger partial charge in [-0.15, -0.1) is 0 Å². The molecule has 77 valence electrons. The van der Waals surface area contributed by atoms with Gasteiger partial charge in [0.15, 0.2) is 5.78 Å². The second-order valence-corrected chi connectivity index (χ2v) is 3.69. The van der Waals surface area contributed by atoms with Crippen molar-refractivity contribution in [2.24, 2.45) is 0 Å². The Morgan fingerprint density at radius 3 is 2.87 bits per heavy atom. The van der Waals surface area contributed by atoms with Gasteiger partial charge in [0, 0.05) is 28.7 Å². The van der Waals surface area contributed by atoms with E-state index < -0.39 is 0 Å². The number of rotatable bonds is 2. The van der Waals surface area contributed by atoms with Crippen LogP contribution in [0.2, 0.25) is 0 Å². The van der Waals surface area contributed by atoms with E-state index in [9.17, 15) is 4.79 Å². The first-order valence-corrected chi connectivity index (χ1v) is 5.17. The molecule has 2 aromatic rings. The van der Waals surface area contributed by atoms with E-state index in [0.29, 0.717) is 0 Å². The molecule has 0 saturated heterocycles. The standard InChI is InChI=1S/C13H14NO/c1-4-14-9(2)13(10(3)15)11-7-5-6-8-12(11)14/h5-6,8H,4H2,1-3H3. The first-order chi connectivity index (χ1) is 7.16. The van der Waals surface area contributed by atoms with Gasteiger partial charge in [-0.25, -0.2) is 0 Å². The number of aromatic nitrogens is 1. The highest BCUT2D eigenvalue weighted by Crippen LogP contribution is 2.25. The SMILES string of the molecule is CCn1c(C)c(C(C)=O)c2[c]cccc21. The largest absolute Gasteiger partial charge is 0.344 e. The molecule has 1 radical (unpaired) electrons. The van der Waals surface area contributed by atoms with Crippen LogP contribution in [0.5, 0.6) is 0 Å². The predicted molar refractivity (Wildman–Crippen MR) is 61.2 cm³/mol. The molecule has 0 bridgehead atoms. The maximum Gasteiger partial charge on any atom is 0.162 e. The Hall–Kier alpha value is -1.57. The topological polar surface area (TPSA) is 22.0 Å². The lowest BCUT2D eigenvalue weighted by Crippen LogP contribution is -1.99. The van der Waals surface area contributed by atoms with E-state index in [-0.39, 0.29) is 5.78 Å². The number of fused-ring (bicyclic) bond motifs is 1. The van der Waals surface area contributed by atoms with Gasteiger partial charge in [0.1, 0.15) is 0 Å². The van der Waals surface area contributed by atoms with Crippen LogP contribution >= 0.6 is 0 Å². The smallest absolute Gasteiger partial charge is 0.162 e. The second-order valence-electron chi connectivity index (χ2n) is 3.69. The Labute approximate surface area is 89.5 Å². The summed E-state index contributed by atoms with van der Waals surface area (Å²) in [5, 5.41) is 0.948. The number of ketones is 1. The molecule has 2 rings (SSSR count). The number of carbonyl (C=O) groups is 1. The number of carbonyl (C=O) groups excluding carboxylic acids is 1. The zero-order valence-electron chi connectivity index (χ0n) is 9.29. The van der Waals surface area contributed by atoms with E-state index in [1.54, 1.807) is 6.92 Å². The lowest BCUT2D eigenvalue weighted by molar-refractivity contribution is 0.101. The molecule has 0 aliphatic rings. The summed E-state index contributed by atoms with van der Waals surface area (Å²) in [6.07, 6.45) is 0. The molecular weight excluding hydrogens is 186 g/mol. The van der Waals surface area contributed by atoms with Crippen molar-refractivity contribution in [2.45, 2.75) is 27.3 Å². The van der Waals surface area contributed by atoms with E-state index in [1.165, 1.54) is 0 Å². The fourth-order valence-electron chi connectivity index (χ4n) is 2.19. The molecule has 1 aromatic carbocycles. The molecule has 0 N–H and O–H groups in total. The molecule has 0 unspecified atom stereocenters. The number of hydrogen-bond acceptors (Lipinski definition) is 1. The fourth-order valence-corrected chi connectivity index (χ4v) is 2.19. The maximum atomic E-state index is 11.6. The normalized spacial score (nSPS) is 10.9. The Morgan fingerprint density at radius 1 is 1.53 bits per heavy atom. The molecule has 1 heterocycles. The Bertz CT molecular complexity index is 523. The average molecular weight is 200 g/mol. The lowest BCUT2D eigenvalue weighted by Gasteiger charge is -2.03. The summed E-state index contributed by atoms with van der Waals surface area (Å²) in [6, 6.07) is 9.00. The van der Waals surface area contributed by atoms with Crippen LogP contribution < -0.4 is 0 Å². The molecule has 2 nitrogen and oxygen atoms in total. The molecule has 2 heteroatoms. The van der Waals surface area contributed by atoms with E-state index in [1.807, 2.05) is 25.1 Å². The predicted octanol–water partition coefficient (Wildman–Crippen LogP) is 2.97. The molecule has 0 spiro atoms. The summed E-state index contributed by atoms with van der Waals surface area (Å²) in [4.78, 5) is 11.6. The van der Waals surface area contributed by atoms with Crippen molar-refractivity contribution in [3.05, 3.63) is 35.5 Å². The van der Waals surface area contributed by atoms with Gasteiger partial charge in [-0.05, 0) is 32.9 Å². The Kier molecular flexibility index (Phi) is 2.35. The highest BCUT2D eigenvalue weighted by Gasteiger charge is 2.15. The summed E-state index contributed by atoms with van der Waals surface area (Å²) in [5.74, 6) is 0.118. The van der Waals surface area contributed by atoms with E-state index in [0.717, 1.165) is 28.7 Å². The summed E-state index contributed by atoms with van der Waals surface area (Å²) in [7, 11) is 0. The third kappa shape index (κ3) is 1.37. The number of aryl methyl sites for hydroxylation is 1. The van der Waals surface area contributed by atoms with Gasteiger partial charge in [0.2, 0.25) is 0 Å². The monoisotopic (exact) mass is 200 g/mol. The molecule has 1 aromatic heterocycles. The van der Waals surface area contributed by atoms with Gasteiger partial charge >= 0.3 is 0 Å². The van der Waals surface area contributed by atoms with Crippen LogP contribution in [0, 0.1) is 13.0 Å². The van der Waals surface area contributed by atoms with Crippen molar-refractivity contribution in [1.29, 1.82) is 0 Å². The highest BCUT2D eigenvalue weighted by atomic mass is 16.1. The highest BCUT2D eigenvalue weighted by molar-refractivity contribution is 6.08. The fraction of sp³-hybridized carbons (Fsp3) is 0.308. The molecular formula is C13H14NO. The van der Waals surface area contributed by atoms with Crippen LogP contribution in [0.4, 0.5) is 0 Å². The van der Waals surface area contributed by atoms with Crippen LogP contribution in [-0.2, 0) is 6.54 Å². The van der Waals surface area contributed by atoms with Crippen molar-refractivity contribution >= 4 is 16.7 Å². The van der Waals surface area contributed by atoms with Gasteiger partial charge < -0.3 is 4.57 Å². The Morgan fingerprint density at radius 2 is 2.27 bits per heavy atom. The van der Waals surface area contributed by atoms with E-state index in [2.05, 4.69) is 17.6 Å². The zero-order chi connectivity index (χ0) is 11.0. The van der Waals surface area contributed by atoms with Gasteiger partial charge in [0.25, 0.3) is 0 Å². The minimum absolute atomic E-state index is 0.118. The minimum Gasteiger partial charge on any atom is -0.344 e. The van der Waals surface area contributed by atoms with Crippen LogP contribution in [0.3, 0.4) is 0 Å². The molecule has 0 saturated carbocycles. The molecule has 0 aliphatic carbocycles. The van der Waals surface area contributed by atoms with Gasteiger partial charge in [0.05, 0.1) is 0 Å². The first kappa shape index (κ1) is 9.97. The van der Waals surface area contributed by atoms with Crippen LogP contribution in [0.25, 0.3) is 10.9 Å². The third-order valence-corrected chi connectivity index (χ3v) is 2.81. The van der Waals surface area contributed by atoms with E-state index >= 15 is 0 Å². The maximum absolute atomic E-state index is 11.6. The number of Topliss-reactive ketones (excluding diaryl/α,β-unsaturated/α-hetero) is 1. The number of benzene rings is 1. The van der Waals surface area contributed by atoms with Gasteiger partial charge in [-0.1, -0.05) is 12.1 Å². The summed E-state index contributed by atoms with van der Waals surface area (Å²) in [5.41, 5.74) is 2.96. The first-order valence-electron chi connectivity index (χ1n) is 5.17. The van der Waals surface area contributed by atoms with Crippen molar-refractivity contribution in [1.82, 2.24) is 4.57 Å². The molecule has 0 atom stereocenters. The lowest BCUT2D eigenvalue weighted by atomic mass is 10.1. The summed E-state index contributed by atoms with van der Waals surface area (Å²) in [6.45, 7) is 6.58. The summed E-state index contributed by atoms with van der Waals surface area (Å²) >= 11 is 0. The molecule has 0 aliphatic heterocycles. The van der Waals surface area contributed by atoms with E-state index in [4.69, 9.17) is 0 Å². The number of nitrogens with zero attached hydrogens (tertiary/aromatic N) is 1. The summed E-state index contributed by atoms with van der Waals surface area (Å²) < 4.78 is 2.16. The number of hydrogen-bond donors (Lipinski definition) is 0. The average Bonchev–Trinajstić information content (AvgIpc) is 2.49. The van der Waals surface area contributed by atoms with Crippen LogP contribution in [-0.4, -0.2) is 10.4 Å².